The van der Waals surface area contributed by atoms with Crippen molar-refractivity contribution in [3.8, 4) is 22.9 Å². The van der Waals surface area contributed by atoms with Gasteiger partial charge in [-0.1, -0.05) is 35.9 Å². The topological polar surface area (TPSA) is 115 Å². The van der Waals surface area contributed by atoms with Crippen molar-refractivity contribution >= 4 is 50.9 Å². The molecule has 2 unspecified atom stereocenters. The number of carbonyl (C=O) groups excluding carboxylic acids is 1. The van der Waals surface area contributed by atoms with Crippen LogP contribution in [0.25, 0.3) is 32.8 Å². The summed E-state index contributed by atoms with van der Waals surface area (Å²) >= 11 is 6.89. The van der Waals surface area contributed by atoms with Crippen LogP contribution >= 0.6 is 11.6 Å². The summed E-state index contributed by atoms with van der Waals surface area (Å²) in [4.78, 5) is 28.7. The lowest BCUT2D eigenvalue weighted by Crippen LogP contribution is -2.56. The van der Waals surface area contributed by atoms with Gasteiger partial charge in [-0.25, -0.2) is 4.39 Å². The number of hydrogen-bond acceptors (Lipinski definition) is 9. The molecule has 0 spiro atoms. The Morgan fingerprint density at radius 3 is 2.59 bits per heavy atom. The molecule has 12 heteroatoms. The molecule has 3 aromatic carbocycles. The summed E-state index contributed by atoms with van der Waals surface area (Å²) in [5, 5.41) is 20.5. The van der Waals surface area contributed by atoms with Gasteiger partial charge in [0.15, 0.2) is 11.7 Å². The van der Waals surface area contributed by atoms with Crippen molar-refractivity contribution in [1.29, 1.82) is 5.41 Å². The lowest BCUT2D eigenvalue weighted by Gasteiger charge is -2.42. The average molecular weight is 647 g/mol. The van der Waals surface area contributed by atoms with Gasteiger partial charge in [0.1, 0.15) is 30.1 Å². The van der Waals surface area contributed by atoms with Gasteiger partial charge in [-0.05, 0) is 73.8 Å². The summed E-state index contributed by atoms with van der Waals surface area (Å²) in [6.07, 6.45) is 3.63. The van der Waals surface area contributed by atoms with Gasteiger partial charge in [0.05, 0.1) is 12.1 Å². The minimum absolute atomic E-state index is 0.000811. The Hall–Kier alpha value is -4.22. The van der Waals surface area contributed by atoms with Gasteiger partial charge < -0.3 is 29.3 Å². The molecule has 0 aliphatic carbocycles. The first-order chi connectivity index (χ1) is 22.2. The SMILES string of the molecule is COC(=N)CC(=O)N1C2CCC1CN(c1nc(OC[C@@H]3CCCN3C)nc3c(F)c(-c4cc(O)cc5ccccc45)c(Cl)cc13)C2. The van der Waals surface area contributed by atoms with E-state index in [2.05, 4.69) is 21.8 Å². The van der Waals surface area contributed by atoms with Crippen LogP contribution in [0.15, 0.2) is 42.5 Å². The van der Waals surface area contributed by atoms with Gasteiger partial charge in [-0.3, -0.25) is 10.2 Å². The van der Waals surface area contributed by atoms with Crippen molar-refractivity contribution in [2.24, 2.45) is 0 Å². The van der Waals surface area contributed by atoms with Crippen LogP contribution in [0.1, 0.15) is 32.1 Å². The number of fused-ring (bicyclic) bond motifs is 4. The number of carbonyl (C=O) groups is 1. The molecular formula is C34H36ClFN6O4. The Bertz CT molecular complexity index is 1840. The van der Waals surface area contributed by atoms with Gasteiger partial charge in [-0.15, -0.1) is 0 Å². The van der Waals surface area contributed by atoms with E-state index in [0.29, 0.717) is 36.5 Å². The van der Waals surface area contributed by atoms with Crippen LogP contribution in [-0.4, -0.2) is 95.2 Å². The molecule has 3 aliphatic rings. The molecule has 0 saturated carbocycles. The number of ether oxygens (including phenoxy) is 2. The van der Waals surface area contributed by atoms with Gasteiger partial charge in [0.2, 0.25) is 5.91 Å². The molecule has 2 bridgehead atoms. The van der Waals surface area contributed by atoms with Crippen LogP contribution in [0, 0.1) is 11.2 Å². The molecule has 4 aromatic rings. The van der Waals surface area contributed by atoms with Crippen molar-refractivity contribution < 1.29 is 23.8 Å². The molecule has 1 amide bonds. The van der Waals surface area contributed by atoms with E-state index in [9.17, 15) is 9.90 Å². The second-order valence-electron chi connectivity index (χ2n) is 12.5. The maximum absolute atomic E-state index is 16.9. The van der Waals surface area contributed by atoms with E-state index in [1.807, 2.05) is 29.2 Å². The number of amides is 1. The third-order valence-electron chi connectivity index (χ3n) is 9.66. The quantitative estimate of drug-likeness (QED) is 0.197. The fraction of sp³-hybridized carbons (Fsp3) is 0.412. The van der Waals surface area contributed by atoms with Crippen LogP contribution in [0.5, 0.6) is 11.8 Å². The highest BCUT2D eigenvalue weighted by molar-refractivity contribution is 6.35. The molecule has 0 radical (unpaired) electrons. The second kappa shape index (κ2) is 12.2. The zero-order chi connectivity index (χ0) is 32.1. The number of piperazine rings is 1. The van der Waals surface area contributed by atoms with Crippen molar-refractivity contribution in [2.75, 3.05) is 45.3 Å². The molecule has 3 aliphatic heterocycles. The zero-order valence-electron chi connectivity index (χ0n) is 25.8. The summed E-state index contributed by atoms with van der Waals surface area (Å²) in [6, 6.07) is 12.4. The molecule has 1 aromatic heterocycles. The number of benzene rings is 3. The Morgan fingerprint density at radius 1 is 1.11 bits per heavy atom. The number of aromatic nitrogens is 2. The highest BCUT2D eigenvalue weighted by atomic mass is 35.5. The number of phenolic OH excluding ortho intramolecular Hbond substituents is 1. The van der Waals surface area contributed by atoms with E-state index >= 15 is 4.39 Å². The highest BCUT2D eigenvalue weighted by Gasteiger charge is 2.43. The molecule has 240 valence electrons. The van der Waals surface area contributed by atoms with Gasteiger partial charge >= 0.3 is 6.01 Å². The first kappa shape index (κ1) is 30.4. The summed E-state index contributed by atoms with van der Waals surface area (Å²) in [5.74, 6) is -0.320. The second-order valence-corrected chi connectivity index (χ2v) is 12.9. The van der Waals surface area contributed by atoms with Gasteiger partial charge in [0, 0.05) is 42.2 Å². The predicted octanol–water partition coefficient (Wildman–Crippen LogP) is 5.61. The summed E-state index contributed by atoms with van der Waals surface area (Å²) in [7, 11) is 3.46. The largest absolute Gasteiger partial charge is 0.508 e. The van der Waals surface area contributed by atoms with E-state index < -0.39 is 5.82 Å². The van der Waals surface area contributed by atoms with E-state index in [-0.39, 0.29) is 64.2 Å². The van der Waals surface area contributed by atoms with E-state index in [0.717, 1.165) is 43.0 Å². The number of nitrogens with zero attached hydrogens (tertiary/aromatic N) is 5. The molecular weight excluding hydrogens is 611 g/mol. The number of rotatable bonds is 7. The van der Waals surface area contributed by atoms with Crippen LogP contribution in [0.2, 0.25) is 5.02 Å². The molecule has 4 heterocycles. The van der Waals surface area contributed by atoms with E-state index in [4.69, 9.17) is 31.5 Å². The third-order valence-corrected chi connectivity index (χ3v) is 9.96. The van der Waals surface area contributed by atoms with Crippen LogP contribution < -0.4 is 9.64 Å². The molecule has 2 N–H and O–H groups in total. The average Bonchev–Trinajstić information content (AvgIpc) is 3.57. The maximum Gasteiger partial charge on any atom is 0.319 e. The predicted molar refractivity (Wildman–Crippen MR) is 175 cm³/mol. The Balaban J connectivity index is 1.32. The molecule has 3 atom stereocenters. The number of likely N-dealkylation sites (tertiary alicyclic amines) is 1. The molecule has 7 rings (SSSR count). The molecule has 3 saturated heterocycles. The van der Waals surface area contributed by atoms with Crippen LogP contribution in [0.3, 0.4) is 0 Å². The minimum atomic E-state index is -0.625. The molecule has 10 nitrogen and oxygen atoms in total. The zero-order valence-corrected chi connectivity index (χ0v) is 26.6. The Morgan fingerprint density at radius 2 is 1.87 bits per heavy atom. The number of phenols is 1. The number of likely N-dealkylation sites (N-methyl/N-ethyl adjacent to an activating group) is 1. The summed E-state index contributed by atoms with van der Waals surface area (Å²) in [5.41, 5.74) is 0.677. The van der Waals surface area contributed by atoms with E-state index in [1.54, 1.807) is 12.1 Å². The fourth-order valence-corrected chi connectivity index (χ4v) is 7.65. The number of methoxy groups -OCH3 is 1. The normalized spacial score (nSPS) is 21.3. The first-order valence-corrected chi connectivity index (χ1v) is 16.0. The highest BCUT2D eigenvalue weighted by Crippen LogP contribution is 2.43. The number of hydrogen-bond donors (Lipinski definition) is 2. The Labute approximate surface area is 271 Å². The van der Waals surface area contributed by atoms with Crippen molar-refractivity contribution in [2.45, 2.75) is 50.2 Å². The Kier molecular flexibility index (Phi) is 8.06. The number of anilines is 1. The van der Waals surface area contributed by atoms with E-state index in [1.165, 1.54) is 13.2 Å². The lowest BCUT2D eigenvalue weighted by atomic mass is 9.96. The van der Waals surface area contributed by atoms with Gasteiger partial charge in [0.25, 0.3) is 0 Å². The van der Waals surface area contributed by atoms with Crippen molar-refractivity contribution in [3.63, 3.8) is 0 Å². The van der Waals surface area contributed by atoms with Crippen molar-refractivity contribution in [3.05, 3.63) is 53.3 Å². The van der Waals surface area contributed by atoms with Crippen molar-refractivity contribution in [1.82, 2.24) is 19.8 Å². The standard InChI is InChI=1S/C34H36ClFN6O4/c1-40-11-5-7-22(40)18-46-34-38-32-26(14-27(35)30(31(32)36)25-13-23(43)12-19-6-3-4-8-24(19)25)33(39-34)41-16-20-9-10-21(17-41)42(20)29(44)15-28(37)45-2/h3-4,6,8,12-14,20-22,37,43H,5,7,9-11,15-18H2,1-2H3/t20?,21?,22-/m0/s1. The van der Waals surface area contributed by atoms with Crippen LogP contribution in [-0.2, 0) is 9.53 Å². The van der Waals surface area contributed by atoms with Crippen LogP contribution in [0.4, 0.5) is 10.2 Å². The molecule has 3 fully saturated rings. The molecule has 46 heavy (non-hydrogen) atoms. The maximum atomic E-state index is 16.9. The monoisotopic (exact) mass is 646 g/mol. The third kappa shape index (κ3) is 5.45. The fourth-order valence-electron chi connectivity index (χ4n) is 7.36. The van der Waals surface area contributed by atoms with Gasteiger partial charge in [-0.2, -0.15) is 9.97 Å². The number of aromatic hydroxyl groups is 1. The minimum Gasteiger partial charge on any atom is -0.508 e. The first-order valence-electron chi connectivity index (χ1n) is 15.6. The lowest BCUT2D eigenvalue weighted by molar-refractivity contribution is -0.133. The number of nitrogens with one attached hydrogen (secondary N) is 1. The summed E-state index contributed by atoms with van der Waals surface area (Å²) in [6.45, 7) is 2.33. The smallest absolute Gasteiger partial charge is 0.319 e. The number of halogens is 2. The summed E-state index contributed by atoms with van der Waals surface area (Å²) < 4.78 is 28.0.